The molecule has 256 valence electrons. The summed E-state index contributed by atoms with van der Waals surface area (Å²) in [4.78, 5) is 16.6. The largest absolute Gasteiger partial charge is 0.508 e. The third kappa shape index (κ3) is 6.43. The second kappa shape index (κ2) is 13.7. The van der Waals surface area contributed by atoms with Crippen LogP contribution in [0.5, 0.6) is 11.8 Å². The molecule has 0 amide bonds. The van der Waals surface area contributed by atoms with Crippen LogP contribution in [0.2, 0.25) is 0 Å². The third-order valence-corrected chi connectivity index (χ3v) is 10.8. The first-order valence-electron chi connectivity index (χ1n) is 17.6. The summed E-state index contributed by atoms with van der Waals surface area (Å²) < 4.78 is 28.8. The van der Waals surface area contributed by atoms with Gasteiger partial charge in [0.2, 0.25) is 0 Å². The van der Waals surface area contributed by atoms with E-state index in [1.807, 2.05) is 31.3 Å². The molecule has 7 rings (SSSR count). The Morgan fingerprint density at radius 2 is 1.85 bits per heavy atom. The van der Waals surface area contributed by atoms with Gasteiger partial charge >= 0.3 is 6.01 Å². The van der Waals surface area contributed by atoms with Crippen LogP contribution in [-0.2, 0) is 11.2 Å². The number of fused-ring (bicyclic) bond motifs is 4. The van der Waals surface area contributed by atoms with E-state index in [0.717, 1.165) is 74.6 Å². The molecule has 10 heteroatoms. The van der Waals surface area contributed by atoms with Gasteiger partial charge in [0.1, 0.15) is 23.8 Å². The van der Waals surface area contributed by atoms with Crippen molar-refractivity contribution in [1.29, 1.82) is 0 Å². The van der Waals surface area contributed by atoms with Crippen LogP contribution in [0.4, 0.5) is 10.2 Å². The lowest BCUT2D eigenvalue weighted by Gasteiger charge is -2.34. The molecule has 9 nitrogen and oxygen atoms in total. The van der Waals surface area contributed by atoms with E-state index in [-0.39, 0.29) is 30.1 Å². The molecule has 0 radical (unpaired) electrons. The monoisotopic (exact) mass is 656 g/mol. The summed E-state index contributed by atoms with van der Waals surface area (Å²) in [5.74, 6) is 0.368. The zero-order valence-corrected chi connectivity index (χ0v) is 28.9. The minimum atomic E-state index is -0.439. The van der Waals surface area contributed by atoms with Crippen molar-refractivity contribution >= 4 is 27.5 Å². The van der Waals surface area contributed by atoms with Crippen molar-refractivity contribution in [3.05, 3.63) is 53.8 Å². The maximum Gasteiger partial charge on any atom is 0.320 e. The fourth-order valence-corrected chi connectivity index (χ4v) is 8.21. The molecular formula is C38H49FN6O3. The van der Waals surface area contributed by atoms with Gasteiger partial charge in [0.05, 0.1) is 12.8 Å². The Balaban J connectivity index is 1.24. The highest BCUT2D eigenvalue weighted by Crippen LogP contribution is 2.40. The highest BCUT2D eigenvalue weighted by Gasteiger charge is 2.35. The van der Waals surface area contributed by atoms with Crippen LogP contribution in [-0.4, -0.2) is 95.8 Å². The van der Waals surface area contributed by atoms with Crippen LogP contribution in [0.3, 0.4) is 0 Å². The number of phenols is 1. The van der Waals surface area contributed by atoms with Crippen molar-refractivity contribution < 1.29 is 19.0 Å². The van der Waals surface area contributed by atoms with Gasteiger partial charge in [-0.1, -0.05) is 31.2 Å². The fraction of sp³-hybridized carbons (Fsp3) is 0.526. The number of phenolic OH excluding ortho intramolecular Hbond substituents is 1. The fourth-order valence-electron chi connectivity index (χ4n) is 8.21. The zero-order valence-electron chi connectivity index (χ0n) is 28.9. The lowest BCUT2D eigenvalue weighted by atomic mass is 9.92. The van der Waals surface area contributed by atoms with Crippen LogP contribution in [0, 0.1) is 5.82 Å². The Hall–Kier alpha value is -3.57. The van der Waals surface area contributed by atoms with E-state index in [2.05, 4.69) is 46.9 Å². The Bertz CT molecular complexity index is 1780. The van der Waals surface area contributed by atoms with Crippen LogP contribution < -0.4 is 15.0 Å². The van der Waals surface area contributed by atoms with E-state index in [9.17, 15) is 5.11 Å². The van der Waals surface area contributed by atoms with Gasteiger partial charge in [0.25, 0.3) is 0 Å². The summed E-state index contributed by atoms with van der Waals surface area (Å²) in [5.41, 5.74) is 2.38. The number of aromatic hydroxyl groups is 1. The minimum Gasteiger partial charge on any atom is -0.508 e. The predicted octanol–water partition coefficient (Wildman–Crippen LogP) is 6.30. The highest BCUT2D eigenvalue weighted by molar-refractivity contribution is 6.03. The Kier molecular flexibility index (Phi) is 9.43. The van der Waals surface area contributed by atoms with Gasteiger partial charge in [0, 0.05) is 55.3 Å². The van der Waals surface area contributed by atoms with E-state index in [0.29, 0.717) is 46.5 Å². The average Bonchev–Trinajstić information content (AvgIpc) is 3.61. The first-order chi connectivity index (χ1) is 23.2. The number of nitrogens with zero attached hydrogens (tertiary/aromatic N) is 5. The number of ether oxygens (including phenoxy) is 2. The van der Waals surface area contributed by atoms with Gasteiger partial charge < -0.3 is 24.8 Å². The first kappa shape index (κ1) is 33.0. The quantitative estimate of drug-likeness (QED) is 0.181. The minimum absolute atomic E-state index is 0.100. The number of rotatable bonds is 11. The molecule has 5 unspecified atom stereocenters. The molecule has 3 fully saturated rings. The van der Waals surface area contributed by atoms with E-state index in [1.54, 1.807) is 19.2 Å². The molecule has 2 N–H and O–H groups in total. The highest BCUT2D eigenvalue weighted by atomic mass is 19.1. The zero-order chi connectivity index (χ0) is 33.5. The second-order valence-corrected chi connectivity index (χ2v) is 14.2. The predicted molar refractivity (Wildman–Crippen MR) is 189 cm³/mol. The maximum atomic E-state index is 16.9. The van der Waals surface area contributed by atoms with Crippen LogP contribution in [0.1, 0.15) is 58.4 Å². The number of nitrogens with one attached hydrogen (secondary N) is 1. The molecule has 3 aliphatic heterocycles. The summed E-state index contributed by atoms with van der Waals surface area (Å²) in [7, 11) is 3.81. The first-order valence-corrected chi connectivity index (χ1v) is 17.6. The molecule has 4 heterocycles. The molecule has 0 saturated carbocycles. The van der Waals surface area contributed by atoms with Gasteiger partial charge in [-0.05, 0) is 99.5 Å². The van der Waals surface area contributed by atoms with E-state index in [1.165, 1.54) is 0 Å². The summed E-state index contributed by atoms with van der Waals surface area (Å²) in [6.45, 7) is 9.12. The summed E-state index contributed by atoms with van der Waals surface area (Å²) >= 11 is 0. The number of hydrogen-bond donors (Lipinski definition) is 2. The van der Waals surface area contributed by atoms with Crippen molar-refractivity contribution in [1.82, 2.24) is 25.1 Å². The third-order valence-electron chi connectivity index (χ3n) is 10.8. The van der Waals surface area contributed by atoms with Crippen LogP contribution in [0.25, 0.3) is 32.8 Å². The van der Waals surface area contributed by atoms with Gasteiger partial charge in [-0.15, -0.1) is 0 Å². The molecule has 48 heavy (non-hydrogen) atoms. The molecule has 0 aliphatic carbocycles. The van der Waals surface area contributed by atoms with E-state index < -0.39 is 5.82 Å². The lowest BCUT2D eigenvalue weighted by molar-refractivity contribution is 0.0325. The standard InChI is InChI=1S/C38H49FN6O3/c1-6-25-8-7-9-26-17-30(46)18-33(34(25)26)31-14-15-32-36(35(31)39)41-38(42-37(32)44-19-27-11-12-28(20-44)40-27)48-22-43(4)21-45-23(2)10-13-29(45)16-24(3)47-5/h7-9,14-15,17-18,23-24,27-29,40,46H,6,10-13,16,19-22H2,1-5H3. The summed E-state index contributed by atoms with van der Waals surface area (Å²) in [5, 5.41) is 16.8. The molecule has 0 spiro atoms. The second-order valence-electron chi connectivity index (χ2n) is 14.2. The molecule has 2 bridgehead atoms. The number of hydrogen-bond acceptors (Lipinski definition) is 9. The molecule has 1 aromatic heterocycles. The maximum absolute atomic E-state index is 16.9. The molecule has 5 atom stereocenters. The normalized spacial score (nSPS) is 23.5. The van der Waals surface area contributed by atoms with Crippen molar-refractivity contribution in [2.75, 3.05) is 45.5 Å². The van der Waals surface area contributed by atoms with Gasteiger partial charge in [0.15, 0.2) is 5.82 Å². The van der Waals surface area contributed by atoms with Crippen molar-refractivity contribution in [3.8, 4) is 22.9 Å². The number of likely N-dealkylation sites (tertiary alicyclic amines) is 1. The van der Waals surface area contributed by atoms with Gasteiger partial charge in [-0.2, -0.15) is 9.97 Å². The number of aromatic nitrogens is 2. The van der Waals surface area contributed by atoms with Crippen LogP contribution in [0.15, 0.2) is 42.5 Å². The lowest BCUT2D eigenvalue weighted by Crippen LogP contribution is -2.51. The van der Waals surface area contributed by atoms with Crippen molar-refractivity contribution in [2.24, 2.45) is 0 Å². The molecule has 4 aromatic rings. The van der Waals surface area contributed by atoms with Gasteiger partial charge in [-0.3, -0.25) is 9.80 Å². The average molecular weight is 657 g/mol. The van der Waals surface area contributed by atoms with Crippen LogP contribution >= 0.6 is 0 Å². The number of methoxy groups -OCH3 is 1. The SMILES string of the molecule is CCc1cccc2cc(O)cc(-c3ccc4c(N5CC6CCC(C5)N6)nc(OCN(C)CN5C(C)CCC5CC(C)OC)nc4c3F)c12. The van der Waals surface area contributed by atoms with Gasteiger partial charge in [-0.25, -0.2) is 4.39 Å². The van der Waals surface area contributed by atoms with Crippen molar-refractivity contribution in [3.63, 3.8) is 0 Å². The number of aryl methyl sites for hydroxylation is 1. The van der Waals surface area contributed by atoms with E-state index >= 15 is 4.39 Å². The molecule has 3 aliphatic rings. The topological polar surface area (TPSA) is 86.2 Å². The molecular weight excluding hydrogens is 607 g/mol. The molecule has 3 aromatic carbocycles. The number of anilines is 1. The Labute approximate surface area is 283 Å². The summed E-state index contributed by atoms with van der Waals surface area (Å²) in [6, 6.07) is 15.0. The Morgan fingerprint density at radius 3 is 2.60 bits per heavy atom. The van der Waals surface area contributed by atoms with E-state index in [4.69, 9.17) is 19.4 Å². The number of halogens is 1. The Morgan fingerprint density at radius 1 is 1.06 bits per heavy atom. The smallest absolute Gasteiger partial charge is 0.320 e. The number of benzene rings is 3. The number of piperazine rings is 1. The van der Waals surface area contributed by atoms with Crippen molar-refractivity contribution in [2.45, 2.75) is 89.6 Å². The summed E-state index contributed by atoms with van der Waals surface area (Å²) in [6.07, 6.45) is 6.56. The molecule has 3 saturated heterocycles.